The highest BCUT2D eigenvalue weighted by atomic mass is 16.3. The van der Waals surface area contributed by atoms with E-state index >= 15 is 0 Å². The van der Waals surface area contributed by atoms with Gasteiger partial charge in [0.1, 0.15) is 5.75 Å². The number of carbonyl (C=O) groups is 2. The van der Waals surface area contributed by atoms with E-state index < -0.39 is 6.04 Å². The number of nitrogens with zero attached hydrogens (tertiary/aromatic N) is 2. The Kier molecular flexibility index (Phi) is 7.73. The van der Waals surface area contributed by atoms with Gasteiger partial charge in [-0.3, -0.25) is 14.5 Å². The Morgan fingerprint density at radius 1 is 1.05 bits per heavy atom. The Morgan fingerprint density at radius 2 is 1.77 bits per heavy atom. The van der Waals surface area contributed by atoms with E-state index in [4.69, 9.17) is 5.73 Å². The van der Waals surface area contributed by atoms with Crippen LogP contribution in [0.5, 0.6) is 5.75 Å². The average Bonchev–Trinajstić information content (AvgIpc) is 2.90. The van der Waals surface area contributed by atoms with Crippen LogP contribution < -0.4 is 16.0 Å². The molecule has 0 bridgehead atoms. The van der Waals surface area contributed by atoms with Gasteiger partial charge < -0.3 is 21.1 Å². The number of phenols is 1. The molecule has 2 atom stereocenters. The summed E-state index contributed by atoms with van der Waals surface area (Å²) in [4.78, 5) is 29.9. The van der Waals surface area contributed by atoms with Gasteiger partial charge >= 0.3 is 0 Å². The van der Waals surface area contributed by atoms with Gasteiger partial charge in [0.05, 0.1) is 12.1 Å². The fraction of sp³-hybridized carbons (Fsp3) is 0.375. The molecular formula is C32H38N4O3. The van der Waals surface area contributed by atoms with Crippen molar-refractivity contribution < 1.29 is 14.7 Å². The molecular weight excluding hydrogens is 488 g/mol. The lowest BCUT2D eigenvalue weighted by atomic mass is 9.92. The van der Waals surface area contributed by atoms with Crippen LogP contribution in [0, 0.1) is 13.8 Å². The molecule has 2 amide bonds. The molecule has 2 aliphatic heterocycles. The number of phenolic OH excluding ortho intramolecular Hbond substituents is 1. The van der Waals surface area contributed by atoms with Gasteiger partial charge in [0.2, 0.25) is 11.8 Å². The molecule has 7 heteroatoms. The summed E-state index contributed by atoms with van der Waals surface area (Å²) in [5.74, 6) is -0.00582. The highest BCUT2D eigenvalue weighted by Gasteiger charge is 2.30. The Bertz CT molecular complexity index is 1380. The highest BCUT2D eigenvalue weighted by Crippen LogP contribution is 2.35. The first-order chi connectivity index (χ1) is 18.7. The number of aromatic hydroxyl groups is 1. The standard InChI is InChI=1S/C32H38N4O3/c1-20-14-26(38)15-21(2)27(20)17-29(33)32(39)34-30-11-13-36(22(3)37)31-9-8-23(16-28(30)31)18-35-12-10-24-6-4-5-7-25(24)19-35/h4-9,14-16,29-30,38H,10-13,17-19,33H2,1-3H3,(H,34,39)/t29-,30+/m0/s1. The fourth-order valence-corrected chi connectivity index (χ4v) is 6.07. The van der Waals surface area contributed by atoms with Gasteiger partial charge in [-0.1, -0.05) is 36.4 Å². The minimum absolute atomic E-state index is 0.00334. The predicted molar refractivity (Wildman–Crippen MR) is 153 cm³/mol. The molecule has 0 fully saturated rings. The lowest BCUT2D eigenvalue weighted by molar-refractivity contribution is -0.123. The van der Waals surface area contributed by atoms with E-state index in [0.717, 1.165) is 59.6 Å². The van der Waals surface area contributed by atoms with Crippen LogP contribution in [0.4, 0.5) is 5.69 Å². The van der Waals surface area contributed by atoms with Gasteiger partial charge in [0.15, 0.2) is 0 Å². The predicted octanol–water partition coefficient (Wildman–Crippen LogP) is 4.05. The summed E-state index contributed by atoms with van der Waals surface area (Å²) in [6.07, 6.45) is 2.05. The Balaban J connectivity index is 1.33. The number of anilines is 1. The summed E-state index contributed by atoms with van der Waals surface area (Å²) < 4.78 is 0. The molecule has 0 unspecified atom stereocenters. The Morgan fingerprint density at radius 3 is 2.49 bits per heavy atom. The maximum Gasteiger partial charge on any atom is 0.237 e. The second-order valence-corrected chi connectivity index (χ2v) is 11.0. The Labute approximate surface area is 230 Å². The second kappa shape index (κ2) is 11.2. The van der Waals surface area contributed by atoms with Gasteiger partial charge in [-0.2, -0.15) is 0 Å². The summed E-state index contributed by atoms with van der Waals surface area (Å²) in [7, 11) is 0. The molecule has 4 N–H and O–H groups in total. The molecule has 39 heavy (non-hydrogen) atoms. The number of benzene rings is 3. The van der Waals surface area contributed by atoms with Crippen molar-refractivity contribution in [2.45, 2.75) is 65.2 Å². The number of nitrogens with two attached hydrogens (primary N) is 1. The van der Waals surface area contributed by atoms with E-state index in [-0.39, 0.29) is 23.6 Å². The van der Waals surface area contributed by atoms with E-state index in [0.29, 0.717) is 19.4 Å². The lowest BCUT2D eigenvalue weighted by Gasteiger charge is -2.35. The minimum atomic E-state index is -0.724. The zero-order valence-corrected chi connectivity index (χ0v) is 23.0. The first kappa shape index (κ1) is 26.9. The number of hydrogen-bond acceptors (Lipinski definition) is 5. The maximum atomic E-state index is 13.3. The summed E-state index contributed by atoms with van der Waals surface area (Å²) in [5, 5.41) is 13.0. The SMILES string of the molecule is CC(=O)N1CC[C@@H](NC(=O)[C@@H](N)Cc2c(C)cc(O)cc2C)c2cc(CN3CCc4ccccc4C3)ccc21. The number of fused-ring (bicyclic) bond motifs is 2. The van der Waals surface area contributed by atoms with Crippen LogP contribution in [0.15, 0.2) is 54.6 Å². The maximum absolute atomic E-state index is 13.3. The van der Waals surface area contributed by atoms with E-state index in [9.17, 15) is 14.7 Å². The average molecular weight is 527 g/mol. The number of rotatable bonds is 6. The molecule has 2 aliphatic rings. The zero-order valence-electron chi connectivity index (χ0n) is 23.0. The third-order valence-electron chi connectivity index (χ3n) is 8.15. The summed E-state index contributed by atoms with van der Waals surface area (Å²) in [6, 6.07) is 17.3. The molecule has 3 aromatic carbocycles. The van der Waals surface area contributed by atoms with Crippen molar-refractivity contribution in [1.82, 2.24) is 10.2 Å². The lowest BCUT2D eigenvalue weighted by Crippen LogP contribution is -2.46. The van der Waals surface area contributed by atoms with Crippen molar-refractivity contribution in [3.63, 3.8) is 0 Å². The quantitative estimate of drug-likeness (QED) is 0.450. The highest BCUT2D eigenvalue weighted by molar-refractivity contribution is 5.93. The van der Waals surface area contributed by atoms with E-state index in [2.05, 4.69) is 46.6 Å². The van der Waals surface area contributed by atoms with Crippen molar-refractivity contribution in [2.24, 2.45) is 5.73 Å². The van der Waals surface area contributed by atoms with Crippen LogP contribution >= 0.6 is 0 Å². The number of hydrogen-bond donors (Lipinski definition) is 3. The number of aryl methyl sites for hydroxylation is 2. The van der Waals surface area contributed by atoms with Gasteiger partial charge in [0, 0.05) is 38.8 Å². The van der Waals surface area contributed by atoms with Crippen molar-refractivity contribution in [3.05, 3.63) is 93.5 Å². The van der Waals surface area contributed by atoms with Gasteiger partial charge in [0.25, 0.3) is 0 Å². The molecule has 2 heterocycles. The van der Waals surface area contributed by atoms with Crippen molar-refractivity contribution in [2.75, 3.05) is 18.0 Å². The monoisotopic (exact) mass is 526 g/mol. The molecule has 0 saturated heterocycles. The van der Waals surface area contributed by atoms with Gasteiger partial charge in [-0.05, 0) is 90.3 Å². The number of amides is 2. The summed E-state index contributed by atoms with van der Waals surface area (Å²) in [5.41, 5.74) is 15.0. The smallest absolute Gasteiger partial charge is 0.237 e. The van der Waals surface area contributed by atoms with Crippen LogP contribution in [-0.4, -0.2) is 41.0 Å². The van der Waals surface area contributed by atoms with Crippen molar-refractivity contribution in [1.29, 1.82) is 0 Å². The van der Waals surface area contributed by atoms with Crippen molar-refractivity contribution >= 4 is 17.5 Å². The first-order valence-corrected chi connectivity index (χ1v) is 13.7. The molecule has 0 spiro atoms. The third-order valence-corrected chi connectivity index (χ3v) is 8.15. The first-order valence-electron chi connectivity index (χ1n) is 13.7. The molecule has 204 valence electrons. The molecule has 0 aliphatic carbocycles. The molecule has 0 radical (unpaired) electrons. The zero-order chi connectivity index (χ0) is 27.7. The van der Waals surface area contributed by atoms with Gasteiger partial charge in [-0.15, -0.1) is 0 Å². The second-order valence-electron chi connectivity index (χ2n) is 11.0. The van der Waals surface area contributed by atoms with Crippen LogP contribution in [0.2, 0.25) is 0 Å². The number of carbonyl (C=O) groups excluding carboxylic acids is 2. The number of nitrogens with one attached hydrogen (secondary N) is 1. The van der Waals surface area contributed by atoms with Gasteiger partial charge in [-0.25, -0.2) is 0 Å². The van der Waals surface area contributed by atoms with Crippen LogP contribution in [-0.2, 0) is 35.5 Å². The topological polar surface area (TPSA) is 98.9 Å². The Hall–Kier alpha value is -3.68. The molecule has 0 saturated carbocycles. The van der Waals surface area contributed by atoms with E-state index in [1.54, 1.807) is 24.0 Å². The minimum Gasteiger partial charge on any atom is -0.508 e. The van der Waals surface area contributed by atoms with Crippen LogP contribution in [0.3, 0.4) is 0 Å². The molecule has 3 aromatic rings. The summed E-state index contributed by atoms with van der Waals surface area (Å²) >= 11 is 0. The van der Waals surface area contributed by atoms with E-state index in [1.165, 1.54) is 11.1 Å². The van der Waals surface area contributed by atoms with E-state index in [1.807, 2.05) is 19.9 Å². The fourth-order valence-electron chi connectivity index (χ4n) is 6.07. The molecule has 5 rings (SSSR count). The summed E-state index contributed by atoms with van der Waals surface area (Å²) in [6.45, 7) is 8.69. The normalized spacial score (nSPS) is 17.7. The van der Waals surface area contributed by atoms with Crippen LogP contribution in [0.1, 0.15) is 58.3 Å². The molecule has 7 nitrogen and oxygen atoms in total. The molecule has 0 aromatic heterocycles. The van der Waals surface area contributed by atoms with Crippen molar-refractivity contribution in [3.8, 4) is 5.75 Å². The van der Waals surface area contributed by atoms with Crippen LogP contribution in [0.25, 0.3) is 0 Å². The third kappa shape index (κ3) is 5.84. The largest absolute Gasteiger partial charge is 0.508 e.